The van der Waals surface area contributed by atoms with Gasteiger partial charge in [0.05, 0.1) is 12.0 Å². The van der Waals surface area contributed by atoms with E-state index in [-0.39, 0.29) is 23.9 Å². The van der Waals surface area contributed by atoms with E-state index in [0.717, 1.165) is 25.7 Å². The molecule has 5 atom stereocenters. The van der Waals surface area contributed by atoms with Gasteiger partial charge in [-0.1, -0.05) is 13.8 Å². The zero-order valence-electron chi connectivity index (χ0n) is 13.3. The van der Waals surface area contributed by atoms with Crippen molar-refractivity contribution in [2.24, 2.45) is 23.7 Å². The average Bonchev–Trinajstić information content (AvgIpc) is 2.98. The Labute approximate surface area is 126 Å². The summed E-state index contributed by atoms with van der Waals surface area (Å²) in [6.45, 7) is 6.76. The van der Waals surface area contributed by atoms with Gasteiger partial charge in [-0.25, -0.2) is 0 Å². The lowest BCUT2D eigenvalue weighted by molar-refractivity contribution is -0.145. The van der Waals surface area contributed by atoms with Crippen molar-refractivity contribution < 1.29 is 14.7 Å². The van der Waals surface area contributed by atoms with Crippen molar-refractivity contribution in [3.63, 3.8) is 0 Å². The Bertz CT molecular complexity index is 397. The predicted octanol–water partition coefficient (Wildman–Crippen LogP) is 1.63. The summed E-state index contributed by atoms with van der Waals surface area (Å²) in [7, 11) is 0. The lowest BCUT2D eigenvalue weighted by Crippen LogP contribution is -2.52. The second-order valence-corrected chi connectivity index (χ2v) is 7.08. The third-order valence-corrected chi connectivity index (χ3v) is 5.06. The van der Waals surface area contributed by atoms with E-state index in [9.17, 15) is 14.7 Å². The van der Waals surface area contributed by atoms with Gasteiger partial charge in [-0.05, 0) is 50.4 Å². The standard InChI is InChI=1S/C16H28N2O3/c1-9(2)6-7-17-15(19)10(3)18-14-12-5-4-11(8-12)13(14)16(20)21/h9-14,18H,4-8H2,1-3H3,(H,17,19)(H,20,21). The van der Waals surface area contributed by atoms with Crippen molar-refractivity contribution in [2.75, 3.05) is 6.54 Å². The van der Waals surface area contributed by atoms with Crippen LogP contribution in [-0.2, 0) is 9.59 Å². The molecule has 5 heteroatoms. The molecule has 0 aliphatic heterocycles. The summed E-state index contributed by atoms with van der Waals surface area (Å²) in [6, 6.07) is -0.379. The topological polar surface area (TPSA) is 78.4 Å². The monoisotopic (exact) mass is 296 g/mol. The van der Waals surface area contributed by atoms with E-state index < -0.39 is 5.97 Å². The molecular formula is C16H28N2O3. The van der Waals surface area contributed by atoms with E-state index in [1.54, 1.807) is 0 Å². The number of carboxylic acids is 1. The number of aliphatic carboxylic acids is 1. The summed E-state index contributed by atoms with van der Waals surface area (Å²) < 4.78 is 0. The third-order valence-electron chi connectivity index (χ3n) is 5.06. The first-order valence-electron chi connectivity index (χ1n) is 8.16. The van der Waals surface area contributed by atoms with Gasteiger partial charge in [0.2, 0.25) is 5.91 Å². The van der Waals surface area contributed by atoms with E-state index in [1.807, 2.05) is 6.92 Å². The van der Waals surface area contributed by atoms with E-state index in [2.05, 4.69) is 24.5 Å². The molecule has 2 rings (SSSR count). The molecule has 2 bridgehead atoms. The quantitative estimate of drug-likeness (QED) is 0.667. The second-order valence-electron chi connectivity index (χ2n) is 7.08. The van der Waals surface area contributed by atoms with Crippen molar-refractivity contribution in [2.45, 2.75) is 58.5 Å². The van der Waals surface area contributed by atoms with Crippen molar-refractivity contribution in [3.8, 4) is 0 Å². The van der Waals surface area contributed by atoms with Gasteiger partial charge in [0.25, 0.3) is 0 Å². The van der Waals surface area contributed by atoms with Crippen LogP contribution in [0.15, 0.2) is 0 Å². The van der Waals surface area contributed by atoms with Gasteiger partial charge in [-0.3, -0.25) is 9.59 Å². The first kappa shape index (κ1) is 16.3. The number of carbonyl (C=O) groups is 2. The lowest BCUT2D eigenvalue weighted by Gasteiger charge is -2.31. The van der Waals surface area contributed by atoms with Crippen LogP contribution in [0.1, 0.15) is 46.5 Å². The fraction of sp³-hybridized carbons (Fsp3) is 0.875. The Hall–Kier alpha value is -1.10. The van der Waals surface area contributed by atoms with E-state index in [4.69, 9.17) is 0 Å². The maximum Gasteiger partial charge on any atom is 0.308 e. The summed E-state index contributed by atoms with van der Waals surface area (Å²) in [5.41, 5.74) is 0. The number of carbonyl (C=O) groups excluding carboxylic acids is 1. The summed E-state index contributed by atoms with van der Waals surface area (Å²) >= 11 is 0. The molecule has 120 valence electrons. The minimum Gasteiger partial charge on any atom is -0.481 e. The highest BCUT2D eigenvalue weighted by Crippen LogP contribution is 2.48. The van der Waals surface area contributed by atoms with E-state index >= 15 is 0 Å². The summed E-state index contributed by atoms with van der Waals surface area (Å²) in [5, 5.41) is 15.6. The Morgan fingerprint density at radius 3 is 2.48 bits per heavy atom. The molecule has 2 aliphatic rings. The Kier molecular flexibility index (Phi) is 5.25. The number of hydrogen-bond donors (Lipinski definition) is 3. The minimum atomic E-state index is -0.716. The number of hydrogen-bond acceptors (Lipinski definition) is 3. The highest BCUT2D eigenvalue weighted by molar-refractivity contribution is 5.81. The molecule has 2 aliphatic carbocycles. The highest BCUT2D eigenvalue weighted by atomic mass is 16.4. The number of rotatable bonds is 7. The zero-order chi connectivity index (χ0) is 15.6. The fourth-order valence-corrected chi connectivity index (χ4v) is 3.89. The predicted molar refractivity (Wildman–Crippen MR) is 80.8 cm³/mol. The molecule has 0 aromatic rings. The number of carboxylic acid groups (broad SMARTS) is 1. The summed E-state index contributed by atoms with van der Waals surface area (Å²) in [4.78, 5) is 23.5. The molecule has 1 amide bonds. The van der Waals surface area contributed by atoms with Crippen LogP contribution in [-0.4, -0.2) is 35.6 Å². The molecule has 21 heavy (non-hydrogen) atoms. The molecule has 5 nitrogen and oxygen atoms in total. The normalized spacial score (nSPS) is 32.4. The molecule has 0 heterocycles. The van der Waals surface area contributed by atoms with E-state index in [1.165, 1.54) is 0 Å². The van der Waals surface area contributed by atoms with Crippen LogP contribution in [0.4, 0.5) is 0 Å². The molecule has 2 saturated carbocycles. The highest BCUT2D eigenvalue weighted by Gasteiger charge is 2.51. The smallest absolute Gasteiger partial charge is 0.308 e. The van der Waals surface area contributed by atoms with Crippen molar-refractivity contribution in [3.05, 3.63) is 0 Å². The Morgan fingerprint density at radius 2 is 1.86 bits per heavy atom. The van der Waals surface area contributed by atoms with Crippen molar-refractivity contribution >= 4 is 11.9 Å². The fourth-order valence-electron chi connectivity index (χ4n) is 3.89. The second kappa shape index (κ2) is 6.77. The van der Waals surface area contributed by atoms with Gasteiger partial charge in [-0.2, -0.15) is 0 Å². The molecule has 0 saturated heterocycles. The molecule has 0 aromatic heterocycles. The average molecular weight is 296 g/mol. The van der Waals surface area contributed by atoms with Crippen molar-refractivity contribution in [1.29, 1.82) is 0 Å². The largest absolute Gasteiger partial charge is 0.481 e. The van der Waals surface area contributed by atoms with Gasteiger partial charge in [0.1, 0.15) is 0 Å². The first-order valence-corrected chi connectivity index (χ1v) is 8.16. The van der Waals surface area contributed by atoms with Crippen molar-refractivity contribution in [1.82, 2.24) is 10.6 Å². The SMILES string of the molecule is CC(C)CCNC(=O)C(C)NC1C2CCC(C2)C1C(=O)O. The van der Waals surface area contributed by atoms with Crippen LogP contribution in [0.25, 0.3) is 0 Å². The molecule has 0 aromatic carbocycles. The molecule has 0 radical (unpaired) electrons. The van der Waals surface area contributed by atoms with Crippen LogP contribution < -0.4 is 10.6 Å². The minimum absolute atomic E-state index is 0.0254. The number of nitrogens with one attached hydrogen (secondary N) is 2. The van der Waals surface area contributed by atoms with Gasteiger partial charge < -0.3 is 15.7 Å². The molecule has 5 unspecified atom stereocenters. The molecule has 2 fully saturated rings. The van der Waals surface area contributed by atoms with Crippen LogP contribution >= 0.6 is 0 Å². The number of amides is 1. The van der Waals surface area contributed by atoms with Gasteiger partial charge in [0, 0.05) is 12.6 Å². The maximum atomic E-state index is 12.1. The van der Waals surface area contributed by atoms with Crippen LogP contribution in [0, 0.1) is 23.7 Å². The van der Waals surface area contributed by atoms with Gasteiger partial charge in [-0.15, -0.1) is 0 Å². The number of fused-ring (bicyclic) bond motifs is 2. The zero-order valence-corrected chi connectivity index (χ0v) is 13.3. The summed E-state index contributed by atoms with van der Waals surface area (Å²) in [5.74, 6) is 0.211. The van der Waals surface area contributed by atoms with Crippen LogP contribution in [0.5, 0.6) is 0 Å². The third kappa shape index (κ3) is 3.76. The summed E-state index contributed by atoms with van der Waals surface area (Å²) in [6.07, 6.45) is 4.07. The van der Waals surface area contributed by atoms with E-state index in [0.29, 0.717) is 24.3 Å². The van der Waals surface area contributed by atoms with Gasteiger partial charge >= 0.3 is 5.97 Å². The lowest BCUT2D eigenvalue weighted by atomic mass is 9.84. The molecule has 3 N–H and O–H groups in total. The van der Waals surface area contributed by atoms with Crippen LogP contribution in [0.3, 0.4) is 0 Å². The first-order chi connectivity index (χ1) is 9.90. The Balaban J connectivity index is 1.85. The molecular weight excluding hydrogens is 268 g/mol. The van der Waals surface area contributed by atoms with Gasteiger partial charge in [0.15, 0.2) is 0 Å². The maximum absolute atomic E-state index is 12.1. The van der Waals surface area contributed by atoms with Crippen LogP contribution in [0.2, 0.25) is 0 Å². The Morgan fingerprint density at radius 1 is 1.19 bits per heavy atom. The molecule has 0 spiro atoms.